The standard InChI is InChI=1S/C13H17FO3/c1-9-2-3-11(6-12(9)14)17-8-13(15)10-4-5-16-7-10/h2-3,6,10,13,15H,4-5,7-8H2,1H3. The Labute approximate surface area is 100 Å². The Morgan fingerprint density at radius 2 is 2.41 bits per heavy atom. The normalized spacial score (nSPS) is 21.5. The Balaban J connectivity index is 1.86. The second-order valence-corrected chi connectivity index (χ2v) is 4.41. The van der Waals surface area contributed by atoms with Crippen LogP contribution in [0.1, 0.15) is 12.0 Å². The number of aliphatic hydroxyl groups excluding tert-OH is 1. The first-order valence-corrected chi connectivity index (χ1v) is 5.81. The van der Waals surface area contributed by atoms with Gasteiger partial charge in [-0.05, 0) is 25.0 Å². The van der Waals surface area contributed by atoms with Crippen molar-refractivity contribution in [2.75, 3.05) is 19.8 Å². The second-order valence-electron chi connectivity index (χ2n) is 4.41. The molecule has 1 heterocycles. The first-order valence-electron chi connectivity index (χ1n) is 5.81. The average Bonchev–Trinajstić information content (AvgIpc) is 2.84. The number of hydrogen-bond donors (Lipinski definition) is 1. The first kappa shape index (κ1) is 12.3. The van der Waals surface area contributed by atoms with Gasteiger partial charge in [-0.3, -0.25) is 0 Å². The molecule has 0 spiro atoms. The summed E-state index contributed by atoms with van der Waals surface area (Å²) < 4.78 is 23.8. The lowest BCUT2D eigenvalue weighted by Gasteiger charge is -2.17. The molecule has 1 saturated heterocycles. The fourth-order valence-corrected chi connectivity index (χ4v) is 1.84. The topological polar surface area (TPSA) is 38.7 Å². The zero-order valence-electron chi connectivity index (χ0n) is 9.86. The van der Waals surface area contributed by atoms with Gasteiger partial charge >= 0.3 is 0 Å². The van der Waals surface area contributed by atoms with Crippen LogP contribution in [0.5, 0.6) is 5.75 Å². The fraction of sp³-hybridized carbons (Fsp3) is 0.538. The summed E-state index contributed by atoms with van der Waals surface area (Å²) in [6.45, 7) is 3.15. The van der Waals surface area contributed by atoms with Crippen LogP contribution in [0.4, 0.5) is 4.39 Å². The maximum absolute atomic E-state index is 13.2. The van der Waals surface area contributed by atoms with E-state index in [-0.39, 0.29) is 18.3 Å². The Bertz CT molecular complexity index is 375. The highest BCUT2D eigenvalue weighted by Gasteiger charge is 2.24. The van der Waals surface area contributed by atoms with Gasteiger partial charge in [0.2, 0.25) is 0 Å². The van der Waals surface area contributed by atoms with Gasteiger partial charge in [-0.25, -0.2) is 4.39 Å². The Morgan fingerprint density at radius 3 is 3.06 bits per heavy atom. The van der Waals surface area contributed by atoms with Crippen molar-refractivity contribution in [3.05, 3.63) is 29.6 Å². The molecule has 3 nitrogen and oxygen atoms in total. The maximum atomic E-state index is 13.2. The maximum Gasteiger partial charge on any atom is 0.129 e. The van der Waals surface area contributed by atoms with E-state index in [9.17, 15) is 9.50 Å². The predicted octanol–water partition coefficient (Wildman–Crippen LogP) is 1.91. The largest absolute Gasteiger partial charge is 0.491 e. The van der Waals surface area contributed by atoms with Crippen LogP contribution < -0.4 is 4.74 Å². The molecular weight excluding hydrogens is 223 g/mol. The first-order chi connectivity index (χ1) is 8.16. The molecule has 1 aromatic carbocycles. The van der Waals surface area contributed by atoms with Crippen molar-refractivity contribution in [1.29, 1.82) is 0 Å². The van der Waals surface area contributed by atoms with Crippen LogP contribution in [0.2, 0.25) is 0 Å². The van der Waals surface area contributed by atoms with E-state index in [4.69, 9.17) is 9.47 Å². The van der Waals surface area contributed by atoms with E-state index in [1.165, 1.54) is 6.07 Å². The molecule has 1 N–H and O–H groups in total. The number of halogens is 1. The minimum atomic E-state index is -0.554. The van der Waals surface area contributed by atoms with E-state index in [1.54, 1.807) is 19.1 Å². The van der Waals surface area contributed by atoms with E-state index in [2.05, 4.69) is 0 Å². The number of rotatable bonds is 4. The van der Waals surface area contributed by atoms with Gasteiger partial charge in [-0.15, -0.1) is 0 Å². The summed E-state index contributed by atoms with van der Waals surface area (Å²) in [5.74, 6) is 0.289. The van der Waals surface area contributed by atoms with Crippen LogP contribution in [-0.2, 0) is 4.74 Å². The minimum Gasteiger partial charge on any atom is -0.491 e. The molecule has 0 bridgehead atoms. The summed E-state index contributed by atoms with van der Waals surface area (Å²) in [6, 6.07) is 4.71. The molecule has 0 aromatic heterocycles. The van der Waals surface area contributed by atoms with Crippen LogP contribution in [-0.4, -0.2) is 31.0 Å². The average molecular weight is 240 g/mol. The van der Waals surface area contributed by atoms with Crippen molar-refractivity contribution < 1.29 is 19.0 Å². The Morgan fingerprint density at radius 1 is 1.59 bits per heavy atom. The van der Waals surface area contributed by atoms with Crippen molar-refractivity contribution in [2.24, 2.45) is 5.92 Å². The summed E-state index contributed by atoms with van der Waals surface area (Å²) in [4.78, 5) is 0. The molecule has 0 radical (unpaired) electrons. The third kappa shape index (κ3) is 3.17. The molecule has 1 aromatic rings. The molecule has 0 amide bonds. The molecule has 1 aliphatic rings. The fourth-order valence-electron chi connectivity index (χ4n) is 1.84. The molecule has 2 unspecified atom stereocenters. The smallest absolute Gasteiger partial charge is 0.129 e. The second kappa shape index (κ2) is 5.47. The highest BCUT2D eigenvalue weighted by atomic mass is 19.1. The van der Waals surface area contributed by atoms with Crippen LogP contribution in [0, 0.1) is 18.7 Å². The van der Waals surface area contributed by atoms with Crippen molar-refractivity contribution in [1.82, 2.24) is 0 Å². The van der Waals surface area contributed by atoms with Gasteiger partial charge in [0, 0.05) is 18.6 Å². The van der Waals surface area contributed by atoms with Crippen LogP contribution in [0.25, 0.3) is 0 Å². The van der Waals surface area contributed by atoms with E-state index in [0.717, 1.165) is 6.42 Å². The lowest BCUT2D eigenvalue weighted by atomic mass is 10.0. The lowest BCUT2D eigenvalue weighted by Crippen LogP contribution is -2.27. The Hall–Kier alpha value is -1.13. The number of aryl methyl sites for hydroxylation is 1. The van der Waals surface area contributed by atoms with Crippen molar-refractivity contribution >= 4 is 0 Å². The van der Waals surface area contributed by atoms with E-state index in [0.29, 0.717) is 24.5 Å². The van der Waals surface area contributed by atoms with Crippen LogP contribution >= 0.6 is 0 Å². The van der Waals surface area contributed by atoms with Crippen molar-refractivity contribution in [3.8, 4) is 5.75 Å². The molecule has 0 saturated carbocycles. The SMILES string of the molecule is Cc1ccc(OCC(O)C2CCOC2)cc1F. The number of aliphatic hydroxyl groups is 1. The number of hydrogen-bond acceptors (Lipinski definition) is 3. The molecule has 4 heteroatoms. The van der Waals surface area contributed by atoms with E-state index in [1.807, 2.05) is 0 Å². The molecule has 1 fully saturated rings. The van der Waals surface area contributed by atoms with Crippen LogP contribution in [0.15, 0.2) is 18.2 Å². The van der Waals surface area contributed by atoms with E-state index >= 15 is 0 Å². The van der Waals surface area contributed by atoms with E-state index < -0.39 is 6.10 Å². The van der Waals surface area contributed by atoms with Gasteiger partial charge in [-0.1, -0.05) is 6.07 Å². The molecule has 94 valence electrons. The number of ether oxygens (including phenoxy) is 2. The number of benzene rings is 1. The molecule has 2 atom stereocenters. The highest BCUT2D eigenvalue weighted by molar-refractivity contribution is 5.27. The monoisotopic (exact) mass is 240 g/mol. The van der Waals surface area contributed by atoms with Crippen molar-refractivity contribution in [2.45, 2.75) is 19.4 Å². The molecule has 17 heavy (non-hydrogen) atoms. The van der Waals surface area contributed by atoms with Crippen molar-refractivity contribution in [3.63, 3.8) is 0 Å². The summed E-state index contributed by atoms with van der Waals surface area (Å²) in [5, 5.41) is 9.84. The van der Waals surface area contributed by atoms with Gasteiger partial charge in [0.1, 0.15) is 18.2 Å². The molecular formula is C13H17FO3. The Kier molecular flexibility index (Phi) is 3.97. The lowest BCUT2D eigenvalue weighted by molar-refractivity contribution is 0.0498. The molecule has 1 aliphatic heterocycles. The molecule has 2 rings (SSSR count). The predicted molar refractivity (Wildman–Crippen MR) is 61.6 cm³/mol. The quantitative estimate of drug-likeness (QED) is 0.873. The summed E-state index contributed by atoms with van der Waals surface area (Å²) >= 11 is 0. The summed E-state index contributed by atoms with van der Waals surface area (Å²) in [5.41, 5.74) is 0.585. The van der Waals surface area contributed by atoms with Gasteiger partial charge in [0.05, 0.1) is 12.7 Å². The molecule has 0 aliphatic carbocycles. The third-order valence-electron chi connectivity index (χ3n) is 3.07. The zero-order chi connectivity index (χ0) is 12.3. The summed E-state index contributed by atoms with van der Waals surface area (Å²) in [6.07, 6.45) is 0.300. The van der Waals surface area contributed by atoms with Crippen LogP contribution in [0.3, 0.4) is 0 Å². The van der Waals surface area contributed by atoms with Gasteiger partial charge in [-0.2, -0.15) is 0 Å². The van der Waals surface area contributed by atoms with Gasteiger partial charge in [0.15, 0.2) is 0 Å². The van der Waals surface area contributed by atoms with Gasteiger partial charge in [0.25, 0.3) is 0 Å². The third-order valence-corrected chi connectivity index (χ3v) is 3.07. The zero-order valence-corrected chi connectivity index (χ0v) is 9.86. The highest BCUT2D eigenvalue weighted by Crippen LogP contribution is 2.19. The summed E-state index contributed by atoms with van der Waals surface area (Å²) in [7, 11) is 0. The minimum absolute atomic E-state index is 0.130. The van der Waals surface area contributed by atoms with Gasteiger partial charge < -0.3 is 14.6 Å².